The average molecular weight is 318 g/mol. The summed E-state index contributed by atoms with van der Waals surface area (Å²) in [6.45, 7) is 10.1. The number of guanidine groups is 1. The Morgan fingerprint density at radius 3 is 2.61 bits per heavy atom. The van der Waals surface area contributed by atoms with Gasteiger partial charge in [0.05, 0.1) is 0 Å². The number of carbonyl (C=O) groups excluding carboxylic acids is 1. The van der Waals surface area contributed by atoms with Gasteiger partial charge in [0, 0.05) is 31.7 Å². The van der Waals surface area contributed by atoms with E-state index in [0.29, 0.717) is 24.1 Å². The summed E-state index contributed by atoms with van der Waals surface area (Å²) in [6, 6.07) is 8.05. The molecule has 1 atom stereocenters. The van der Waals surface area contributed by atoms with Crippen LogP contribution in [0.15, 0.2) is 29.3 Å². The molecule has 5 nitrogen and oxygen atoms in total. The van der Waals surface area contributed by atoms with Crippen LogP contribution in [-0.2, 0) is 6.42 Å². The number of aliphatic imine (C=N–C) groups is 1. The van der Waals surface area contributed by atoms with Gasteiger partial charge in [-0.05, 0) is 43.9 Å². The van der Waals surface area contributed by atoms with Gasteiger partial charge < -0.3 is 16.0 Å². The number of rotatable bonds is 7. The first kappa shape index (κ1) is 19.0. The molecule has 0 aliphatic heterocycles. The van der Waals surface area contributed by atoms with Crippen LogP contribution in [0.1, 0.15) is 43.6 Å². The highest BCUT2D eigenvalue weighted by molar-refractivity contribution is 5.94. The molecule has 0 aliphatic carbocycles. The van der Waals surface area contributed by atoms with Gasteiger partial charge in [-0.2, -0.15) is 0 Å². The van der Waals surface area contributed by atoms with Crippen molar-refractivity contribution in [3.63, 3.8) is 0 Å². The molecule has 128 valence electrons. The van der Waals surface area contributed by atoms with Gasteiger partial charge in [-0.25, -0.2) is 0 Å². The van der Waals surface area contributed by atoms with E-state index in [-0.39, 0.29) is 5.91 Å². The highest BCUT2D eigenvalue weighted by Gasteiger charge is 2.08. The summed E-state index contributed by atoms with van der Waals surface area (Å²) in [5.74, 6) is 1.33. The van der Waals surface area contributed by atoms with Crippen molar-refractivity contribution in [2.24, 2.45) is 10.9 Å². The normalized spacial score (nSPS) is 12.9. The van der Waals surface area contributed by atoms with Gasteiger partial charge in [0.1, 0.15) is 0 Å². The minimum Gasteiger partial charge on any atom is -0.357 e. The zero-order chi connectivity index (χ0) is 17.2. The summed E-state index contributed by atoms with van der Waals surface area (Å²) in [7, 11) is 1.64. The molecule has 1 unspecified atom stereocenters. The highest BCUT2D eigenvalue weighted by Crippen LogP contribution is 2.06. The van der Waals surface area contributed by atoms with E-state index < -0.39 is 0 Å². The summed E-state index contributed by atoms with van der Waals surface area (Å²) in [5, 5.41) is 9.33. The minimum absolute atomic E-state index is 0.0592. The van der Waals surface area contributed by atoms with E-state index in [1.165, 1.54) is 0 Å². The largest absolute Gasteiger partial charge is 0.357 e. The molecule has 23 heavy (non-hydrogen) atoms. The fourth-order valence-corrected chi connectivity index (χ4v) is 2.01. The summed E-state index contributed by atoms with van der Waals surface area (Å²) < 4.78 is 0. The fraction of sp³-hybridized carbons (Fsp3) is 0.556. The zero-order valence-electron chi connectivity index (χ0n) is 14.9. The molecule has 0 radical (unpaired) electrons. The lowest BCUT2D eigenvalue weighted by molar-refractivity contribution is 0.0963. The Labute approximate surface area is 140 Å². The van der Waals surface area contributed by atoms with Crippen molar-refractivity contribution in [2.45, 2.75) is 40.2 Å². The van der Waals surface area contributed by atoms with Crippen molar-refractivity contribution in [2.75, 3.05) is 20.1 Å². The molecular formula is C18H30N4O. The molecule has 0 fully saturated rings. The Morgan fingerprint density at radius 1 is 1.26 bits per heavy atom. The third-order valence-electron chi connectivity index (χ3n) is 3.80. The third-order valence-corrected chi connectivity index (χ3v) is 3.80. The minimum atomic E-state index is -0.0592. The summed E-state index contributed by atoms with van der Waals surface area (Å²) >= 11 is 0. The standard InChI is InChI=1S/C18H30N4O/c1-6-20-18(22-14(4)13(2)3)21-11-10-15-8-7-9-16(12-15)17(23)19-5/h7-9,12-14H,6,10-11H2,1-5H3,(H,19,23)(H2,20,21,22). The van der Waals surface area contributed by atoms with Gasteiger partial charge in [0.15, 0.2) is 5.96 Å². The number of hydrogen-bond acceptors (Lipinski definition) is 2. The van der Waals surface area contributed by atoms with Crippen LogP contribution in [0.4, 0.5) is 0 Å². The van der Waals surface area contributed by atoms with Crippen molar-refractivity contribution >= 4 is 11.9 Å². The van der Waals surface area contributed by atoms with Crippen LogP contribution in [0.25, 0.3) is 0 Å². The molecule has 1 aromatic rings. The molecule has 0 saturated carbocycles. The summed E-state index contributed by atoms with van der Waals surface area (Å²) in [4.78, 5) is 16.3. The Bertz CT molecular complexity index is 526. The number of nitrogens with one attached hydrogen (secondary N) is 3. The molecule has 0 spiro atoms. The first-order valence-electron chi connectivity index (χ1n) is 8.33. The van der Waals surface area contributed by atoms with Crippen molar-refractivity contribution in [1.82, 2.24) is 16.0 Å². The maximum Gasteiger partial charge on any atom is 0.251 e. The molecule has 0 aromatic heterocycles. The lowest BCUT2D eigenvalue weighted by Gasteiger charge is -2.20. The Morgan fingerprint density at radius 2 is 2.00 bits per heavy atom. The molecule has 1 aromatic carbocycles. The van der Waals surface area contributed by atoms with E-state index in [1.54, 1.807) is 7.05 Å². The van der Waals surface area contributed by atoms with Crippen LogP contribution in [0.5, 0.6) is 0 Å². The third kappa shape index (κ3) is 6.72. The van der Waals surface area contributed by atoms with Crippen LogP contribution in [-0.4, -0.2) is 38.0 Å². The van der Waals surface area contributed by atoms with Gasteiger partial charge in [-0.3, -0.25) is 9.79 Å². The molecule has 0 aliphatic rings. The van der Waals surface area contributed by atoms with Gasteiger partial charge in [0.25, 0.3) is 5.91 Å². The number of benzene rings is 1. The molecule has 5 heteroatoms. The Hall–Kier alpha value is -2.04. The van der Waals surface area contributed by atoms with Gasteiger partial charge >= 0.3 is 0 Å². The maximum atomic E-state index is 11.7. The smallest absolute Gasteiger partial charge is 0.251 e. The van der Waals surface area contributed by atoms with Crippen molar-refractivity contribution < 1.29 is 4.79 Å². The first-order valence-corrected chi connectivity index (χ1v) is 8.33. The van der Waals surface area contributed by atoms with Crippen LogP contribution in [0.2, 0.25) is 0 Å². The van der Waals surface area contributed by atoms with Crippen LogP contribution in [0, 0.1) is 5.92 Å². The van der Waals surface area contributed by atoms with E-state index in [0.717, 1.165) is 24.5 Å². The highest BCUT2D eigenvalue weighted by atomic mass is 16.1. The summed E-state index contributed by atoms with van der Waals surface area (Å²) in [6.07, 6.45) is 0.803. The molecule has 0 bridgehead atoms. The number of nitrogens with zero attached hydrogens (tertiary/aromatic N) is 1. The topological polar surface area (TPSA) is 65.5 Å². The Balaban J connectivity index is 2.65. The SMILES string of the molecule is CCNC(=NCCc1cccc(C(=O)NC)c1)NC(C)C(C)C. The predicted molar refractivity (Wildman–Crippen MR) is 97.0 cm³/mol. The van der Waals surface area contributed by atoms with E-state index >= 15 is 0 Å². The van der Waals surface area contributed by atoms with Gasteiger partial charge in [0.2, 0.25) is 0 Å². The van der Waals surface area contributed by atoms with Gasteiger partial charge in [-0.15, -0.1) is 0 Å². The zero-order valence-corrected chi connectivity index (χ0v) is 14.9. The maximum absolute atomic E-state index is 11.7. The first-order chi connectivity index (χ1) is 11.0. The second-order valence-corrected chi connectivity index (χ2v) is 5.97. The van der Waals surface area contributed by atoms with Crippen LogP contribution < -0.4 is 16.0 Å². The molecule has 0 saturated heterocycles. The van der Waals surface area contributed by atoms with Crippen LogP contribution >= 0.6 is 0 Å². The van der Waals surface area contributed by atoms with Crippen molar-refractivity contribution in [3.8, 4) is 0 Å². The molecule has 1 amide bonds. The summed E-state index contributed by atoms with van der Waals surface area (Å²) in [5.41, 5.74) is 1.80. The van der Waals surface area contributed by atoms with E-state index in [4.69, 9.17) is 0 Å². The second-order valence-electron chi connectivity index (χ2n) is 5.97. The average Bonchev–Trinajstić information content (AvgIpc) is 2.54. The fourth-order valence-electron chi connectivity index (χ4n) is 2.01. The Kier molecular flexibility index (Phi) is 8.16. The van der Waals surface area contributed by atoms with Gasteiger partial charge in [-0.1, -0.05) is 26.0 Å². The monoisotopic (exact) mass is 318 g/mol. The lowest BCUT2D eigenvalue weighted by atomic mass is 10.1. The van der Waals surface area contributed by atoms with E-state index in [1.807, 2.05) is 24.3 Å². The quantitative estimate of drug-likeness (QED) is 0.533. The van der Waals surface area contributed by atoms with E-state index in [9.17, 15) is 4.79 Å². The lowest BCUT2D eigenvalue weighted by Crippen LogP contribution is -2.44. The molecule has 3 N–H and O–H groups in total. The number of hydrogen-bond donors (Lipinski definition) is 3. The number of amides is 1. The molecule has 1 rings (SSSR count). The number of carbonyl (C=O) groups is 1. The second kappa shape index (κ2) is 9.87. The van der Waals surface area contributed by atoms with Crippen LogP contribution in [0.3, 0.4) is 0 Å². The van der Waals surface area contributed by atoms with E-state index in [2.05, 4.69) is 48.6 Å². The van der Waals surface area contributed by atoms with Crippen molar-refractivity contribution in [3.05, 3.63) is 35.4 Å². The molecular weight excluding hydrogens is 288 g/mol. The van der Waals surface area contributed by atoms with Crippen molar-refractivity contribution in [1.29, 1.82) is 0 Å². The molecule has 0 heterocycles. The predicted octanol–water partition coefficient (Wildman–Crippen LogP) is 2.19.